The first kappa shape index (κ1) is 10.9. The predicted molar refractivity (Wildman–Crippen MR) is 55.5 cm³/mol. The van der Waals surface area contributed by atoms with E-state index < -0.39 is 12.1 Å². The Morgan fingerprint density at radius 3 is 3.06 bits per heavy atom. The first-order valence-corrected chi connectivity index (χ1v) is 5.31. The molecule has 0 radical (unpaired) electrons. The molecule has 0 spiro atoms. The van der Waals surface area contributed by atoms with E-state index in [1.807, 2.05) is 0 Å². The highest BCUT2D eigenvalue weighted by atomic mass is 19.1. The lowest BCUT2D eigenvalue weighted by Crippen LogP contribution is -2.36. The highest BCUT2D eigenvalue weighted by molar-refractivity contribution is 5.81. The Morgan fingerprint density at radius 1 is 1.44 bits per heavy atom. The Labute approximate surface area is 92.8 Å². The van der Waals surface area contributed by atoms with Crippen LogP contribution < -0.4 is 10.1 Å². The number of rotatable bonds is 2. The van der Waals surface area contributed by atoms with Gasteiger partial charge in [0.2, 0.25) is 5.95 Å². The van der Waals surface area contributed by atoms with Gasteiger partial charge in [-0.1, -0.05) is 0 Å². The lowest BCUT2D eigenvalue weighted by Gasteiger charge is -2.15. The molecule has 4 nitrogen and oxygen atoms in total. The van der Waals surface area contributed by atoms with E-state index >= 15 is 0 Å². The number of ether oxygens (including phenoxy) is 1. The summed E-state index contributed by atoms with van der Waals surface area (Å²) in [5, 5.41) is 2.77. The third-order valence-corrected chi connectivity index (χ3v) is 2.46. The zero-order valence-electron chi connectivity index (χ0n) is 8.78. The summed E-state index contributed by atoms with van der Waals surface area (Å²) < 4.78 is 18.0. The zero-order chi connectivity index (χ0) is 11.4. The number of nitrogens with zero attached hydrogens (tertiary/aromatic N) is 1. The molecule has 16 heavy (non-hydrogen) atoms. The standard InChI is InChI=1S/C11H13FN2O2/c12-10-5-4-8(7-14-10)16-9-3-1-2-6-13-11(9)15/h4-5,7,9H,1-3,6H2,(H,13,15). The van der Waals surface area contributed by atoms with Gasteiger partial charge in [-0.3, -0.25) is 4.79 Å². The number of carbonyl (C=O) groups excluding carboxylic acids is 1. The highest BCUT2D eigenvalue weighted by Gasteiger charge is 2.22. The van der Waals surface area contributed by atoms with Gasteiger partial charge in [-0.2, -0.15) is 4.39 Å². The van der Waals surface area contributed by atoms with Gasteiger partial charge < -0.3 is 10.1 Å². The fourth-order valence-corrected chi connectivity index (χ4v) is 1.62. The average Bonchev–Trinajstić information content (AvgIpc) is 2.48. The van der Waals surface area contributed by atoms with Gasteiger partial charge >= 0.3 is 0 Å². The highest BCUT2D eigenvalue weighted by Crippen LogP contribution is 2.15. The number of amides is 1. The quantitative estimate of drug-likeness (QED) is 0.769. The van der Waals surface area contributed by atoms with Crippen LogP contribution >= 0.6 is 0 Å². The summed E-state index contributed by atoms with van der Waals surface area (Å²) in [5.74, 6) is -0.247. The van der Waals surface area contributed by atoms with Crippen LogP contribution in [0, 0.1) is 5.95 Å². The summed E-state index contributed by atoms with van der Waals surface area (Å²) in [6.07, 6.45) is 3.39. The van der Waals surface area contributed by atoms with E-state index in [1.165, 1.54) is 18.3 Å². The number of aromatic nitrogens is 1. The SMILES string of the molecule is O=C1NCCCCC1Oc1ccc(F)nc1. The maximum absolute atomic E-state index is 12.6. The third-order valence-electron chi connectivity index (χ3n) is 2.46. The molecule has 1 aromatic rings. The van der Waals surface area contributed by atoms with Crippen LogP contribution in [0.15, 0.2) is 18.3 Å². The normalized spacial score (nSPS) is 21.1. The van der Waals surface area contributed by atoms with Gasteiger partial charge in [-0.15, -0.1) is 0 Å². The molecule has 2 heterocycles. The lowest BCUT2D eigenvalue weighted by atomic mass is 10.2. The molecule has 0 aromatic carbocycles. The van der Waals surface area contributed by atoms with Gasteiger partial charge in [-0.05, 0) is 31.4 Å². The van der Waals surface area contributed by atoms with E-state index in [0.29, 0.717) is 18.7 Å². The minimum atomic E-state index is -0.558. The van der Waals surface area contributed by atoms with E-state index in [1.54, 1.807) is 0 Å². The van der Waals surface area contributed by atoms with Crippen molar-refractivity contribution in [2.75, 3.05) is 6.54 Å². The van der Waals surface area contributed by atoms with Gasteiger partial charge in [0.1, 0.15) is 5.75 Å². The smallest absolute Gasteiger partial charge is 0.261 e. The van der Waals surface area contributed by atoms with E-state index in [9.17, 15) is 9.18 Å². The zero-order valence-corrected chi connectivity index (χ0v) is 8.78. The molecule has 1 saturated heterocycles. The molecule has 1 amide bonds. The molecule has 0 saturated carbocycles. The monoisotopic (exact) mass is 224 g/mol. The minimum absolute atomic E-state index is 0.109. The molecule has 5 heteroatoms. The van der Waals surface area contributed by atoms with Crippen molar-refractivity contribution >= 4 is 5.91 Å². The third kappa shape index (κ3) is 2.68. The van der Waals surface area contributed by atoms with Crippen molar-refractivity contribution in [2.45, 2.75) is 25.4 Å². The van der Waals surface area contributed by atoms with Gasteiger partial charge in [0, 0.05) is 6.54 Å². The molecule has 1 aromatic heterocycles. The van der Waals surface area contributed by atoms with E-state index in [0.717, 1.165) is 12.8 Å². The number of pyridine rings is 1. The van der Waals surface area contributed by atoms with Crippen molar-refractivity contribution in [1.82, 2.24) is 10.3 Å². The average molecular weight is 224 g/mol. The second kappa shape index (κ2) is 4.92. The summed E-state index contributed by atoms with van der Waals surface area (Å²) in [6.45, 7) is 0.695. The molecule has 1 aliphatic rings. The van der Waals surface area contributed by atoms with Gasteiger partial charge in [0.15, 0.2) is 6.10 Å². The summed E-state index contributed by atoms with van der Waals surface area (Å²) in [4.78, 5) is 15.0. The molecule has 1 aliphatic heterocycles. The van der Waals surface area contributed by atoms with Crippen molar-refractivity contribution in [3.05, 3.63) is 24.3 Å². The molecule has 1 atom stereocenters. The second-order valence-electron chi connectivity index (χ2n) is 3.71. The van der Waals surface area contributed by atoms with Crippen LogP contribution in [0.5, 0.6) is 5.75 Å². The molecular formula is C11H13FN2O2. The number of halogens is 1. The Bertz CT molecular complexity index is 367. The topological polar surface area (TPSA) is 51.2 Å². The molecule has 2 rings (SSSR count). The number of nitrogens with one attached hydrogen (secondary N) is 1. The van der Waals surface area contributed by atoms with Crippen molar-refractivity contribution in [3.8, 4) is 5.75 Å². The first-order chi connectivity index (χ1) is 7.75. The molecule has 1 unspecified atom stereocenters. The van der Waals surface area contributed by atoms with Gasteiger partial charge in [0.05, 0.1) is 6.20 Å². The fourth-order valence-electron chi connectivity index (χ4n) is 1.62. The summed E-state index contributed by atoms with van der Waals surface area (Å²) in [5.41, 5.74) is 0. The summed E-state index contributed by atoms with van der Waals surface area (Å²) in [6, 6.07) is 2.68. The van der Waals surface area contributed by atoms with Crippen molar-refractivity contribution in [1.29, 1.82) is 0 Å². The number of hydrogen-bond donors (Lipinski definition) is 1. The van der Waals surface area contributed by atoms with E-state index in [-0.39, 0.29) is 5.91 Å². The maximum atomic E-state index is 12.6. The van der Waals surface area contributed by atoms with E-state index in [2.05, 4.69) is 10.3 Å². The van der Waals surface area contributed by atoms with Gasteiger partial charge in [-0.25, -0.2) is 4.98 Å². The molecule has 1 fully saturated rings. The maximum Gasteiger partial charge on any atom is 0.261 e. The van der Waals surface area contributed by atoms with Crippen molar-refractivity contribution in [2.24, 2.45) is 0 Å². The Hall–Kier alpha value is -1.65. The van der Waals surface area contributed by atoms with Crippen LogP contribution in [0.3, 0.4) is 0 Å². The van der Waals surface area contributed by atoms with E-state index in [4.69, 9.17) is 4.74 Å². The Morgan fingerprint density at radius 2 is 2.31 bits per heavy atom. The Balaban J connectivity index is 2.02. The van der Waals surface area contributed by atoms with Crippen LogP contribution in [0.1, 0.15) is 19.3 Å². The molecular weight excluding hydrogens is 211 g/mol. The van der Waals surface area contributed by atoms with Gasteiger partial charge in [0.25, 0.3) is 5.91 Å². The molecule has 86 valence electrons. The largest absolute Gasteiger partial charge is 0.479 e. The predicted octanol–water partition coefficient (Wildman–Crippen LogP) is 1.27. The van der Waals surface area contributed by atoms with Crippen LogP contribution in [-0.2, 0) is 4.79 Å². The Kier molecular flexibility index (Phi) is 3.34. The lowest BCUT2D eigenvalue weighted by molar-refractivity contribution is -0.127. The van der Waals surface area contributed by atoms with Crippen LogP contribution in [0.4, 0.5) is 4.39 Å². The van der Waals surface area contributed by atoms with Crippen LogP contribution in [0.2, 0.25) is 0 Å². The summed E-state index contributed by atoms with van der Waals surface area (Å²) in [7, 11) is 0. The van der Waals surface area contributed by atoms with Crippen LogP contribution in [-0.4, -0.2) is 23.5 Å². The second-order valence-corrected chi connectivity index (χ2v) is 3.71. The molecule has 1 N–H and O–H groups in total. The van der Waals surface area contributed by atoms with Crippen molar-refractivity contribution < 1.29 is 13.9 Å². The fraction of sp³-hybridized carbons (Fsp3) is 0.455. The van der Waals surface area contributed by atoms with Crippen molar-refractivity contribution in [3.63, 3.8) is 0 Å². The summed E-state index contributed by atoms with van der Waals surface area (Å²) >= 11 is 0. The molecule has 0 bridgehead atoms. The first-order valence-electron chi connectivity index (χ1n) is 5.31. The number of hydrogen-bond acceptors (Lipinski definition) is 3. The molecule has 0 aliphatic carbocycles. The van der Waals surface area contributed by atoms with Crippen LogP contribution in [0.25, 0.3) is 0 Å². The number of carbonyl (C=O) groups is 1. The minimum Gasteiger partial charge on any atom is -0.479 e.